The largest absolute Gasteiger partial charge is 0.417 e. The van der Waals surface area contributed by atoms with Crippen molar-refractivity contribution in [3.8, 4) is 0 Å². The molecule has 0 amide bonds. The lowest BCUT2D eigenvalue weighted by Crippen LogP contribution is -2.09. The monoisotopic (exact) mass is 377 g/mol. The van der Waals surface area contributed by atoms with E-state index in [9.17, 15) is 13.2 Å². The van der Waals surface area contributed by atoms with Crippen molar-refractivity contribution in [3.05, 3.63) is 63.9 Å². The molecule has 0 saturated heterocycles. The van der Waals surface area contributed by atoms with Crippen molar-refractivity contribution in [2.45, 2.75) is 24.4 Å². The van der Waals surface area contributed by atoms with E-state index in [4.69, 9.17) is 11.6 Å². The number of benzene rings is 1. The van der Waals surface area contributed by atoms with Crippen LogP contribution in [0.2, 0.25) is 0 Å². The van der Waals surface area contributed by atoms with Gasteiger partial charge in [0, 0.05) is 22.8 Å². The first kappa shape index (κ1) is 16.3. The Morgan fingerprint density at radius 1 is 1.10 bits per heavy atom. The molecule has 0 bridgehead atoms. The van der Waals surface area contributed by atoms with Gasteiger partial charge in [0.2, 0.25) is 0 Å². The SMILES string of the molecule is CC(c1ccncc1)C(Cl)c1ccc(Br)c(C(F)(F)F)c1. The van der Waals surface area contributed by atoms with E-state index < -0.39 is 17.1 Å². The number of halogens is 5. The minimum atomic E-state index is -4.41. The van der Waals surface area contributed by atoms with Crippen molar-refractivity contribution in [3.63, 3.8) is 0 Å². The first-order valence-electron chi connectivity index (χ1n) is 6.21. The highest BCUT2D eigenvalue weighted by atomic mass is 79.9. The van der Waals surface area contributed by atoms with E-state index >= 15 is 0 Å². The van der Waals surface area contributed by atoms with Gasteiger partial charge < -0.3 is 0 Å². The Kier molecular flexibility index (Phi) is 4.94. The fraction of sp³-hybridized carbons (Fsp3) is 0.267. The second-order valence-electron chi connectivity index (χ2n) is 4.71. The molecule has 0 saturated carbocycles. The van der Waals surface area contributed by atoms with Crippen LogP contribution >= 0.6 is 27.5 Å². The van der Waals surface area contributed by atoms with Crippen LogP contribution in [0.5, 0.6) is 0 Å². The standard InChI is InChI=1S/C15H12BrClF3N/c1-9(10-4-6-21-7-5-10)14(17)11-2-3-13(16)12(8-11)15(18,19)20/h2-9,14H,1H3. The van der Waals surface area contributed by atoms with Crippen LogP contribution < -0.4 is 0 Å². The Labute approximate surface area is 134 Å². The zero-order chi connectivity index (χ0) is 15.6. The third-order valence-electron chi connectivity index (χ3n) is 3.29. The van der Waals surface area contributed by atoms with E-state index in [1.165, 1.54) is 6.07 Å². The summed E-state index contributed by atoms with van der Waals surface area (Å²) in [5, 5.41) is -0.554. The Morgan fingerprint density at radius 3 is 2.29 bits per heavy atom. The smallest absolute Gasteiger partial charge is 0.265 e. The zero-order valence-electron chi connectivity index (χ0n) is 11.0. The molecule has 2 atom stereocenters. The highest BCUT2D eigenvalue weighted by Crippen LogP contribution is 2.40. The van der Waals surface area contributed by atoms with Gasteiger partial charge in [0.1, 0.15) is 0 Å². The Morgan fingerprint density at radius 2 is 1.71 bits per heavy atom. The van der Waals surface area contributed by atoms with E-state index in [0.717, 1.165) is 11.6 Å². The molecule has 0 spiro atoms. The maximum absolute atomic E-state index is 12.9. The van der Waals surface area contributed by atoms with Gasteiger partial charge in [-0.3, -0.25) is 4.98 Å². The van der Waals surface area contributed by atoms with Crippen molar-refractivity contribution < 1.29 is 13.2 Å². The number of nitrogens with zero attached hydrogens (tertiary/aromatic N) is 1. The Hall–Kier alpha value is -1.07. The Balaban J connectivity index is 2.34. The number of pyridine rings is 1. The summed E-state index contributed by atoms with van der Waals surface area (Å²) in [6.45, 7) is 1.88. The second kappa shape index (κ2) is 6.36. The minimum absolute atomic E-state index is 0.0131. The molecule has 1 aromatic carbocycles. The van der Waals surface area contributed by atoms with Gasteiger partial charge in [-0.1, -0.05) is 28.9 Å². The maximum atomic E-state index is 12.9. The highest BCUT2D eigenvalue weighted by Gasteiger charge is 2.34. The lowest BCUT2D eigenvalue weighted by molar-refractivity contribution is -0.138. The molecule has 0 aliphatic carbocycles. The normalized spacial score (nSPS) is 14.8. The average Bonchev–Trinajstić information content (AvgIpc) is 2.46. The molecule has 1 nitrogen and oxygen atoms in total. The average molecular weight is 379 g/mol. The molecule has 0 aliphatic heterocycles. The van der Waals surface area contributed by atoms with Crippen molar-refractivity contribution in [1.82, 2.24) is 4.98 Å². The first-order valence-corrected chi connectivity index (χ1v) is 7.44. The van der Waals surface area contributed by atoms with Crippen molar-refractivity contribution in [1.29, 1.82) is 0 Å². The molecule has 112 valence electrons. The van der Waals surface area contributed by atoms with Gasteiger partial charge in [0.15, 0.2) is 0 Å². The number of hydrogen-bond acceptors (Lipinski definition) is 1. The minimum Gasteiger partial charge on any atom is -0.265 e. The van der Waals surface area contributed by atoms with Crippen molar-refractivity contribution in [2.24, 2.45) is 0 Å². The Bertz CT molecular complexity index is 616. The van der Waals surface area contributed by atoms with Gasteiger partial charge in [-0.25, -0.2) is 0 Å². The number of rotatable bonds is 3. The molecule has 0 radical (unpaired) electrons. The van der Waals surface area contributed by atoms with Crippen molar-refractivity contribution >= 4 is 27.5 Å². The van der Waals surface area contributed by atoms with Crippen molar-refractivity contribution in [2.75, 3.05) is 0 Å². The van der Waals surface area contributed by atoms with E-state index in [2.05, 4.69) is 20.9 Å². The van der Waals surface area contributed by atoms with Gasteiger partial charge in [-0.15, -0.1) is 11.6 Å². The first-order chi connectivity index (χ1) is 9.80. The van der Waals surface area contributed by atoms with Crippen LogP contribution in [0.1, 0.15) is 34.9 Å². The lowest BCUT2D eigenvalue weighted by atomic mass is 9.93. The molecule has 1 aromatic heterocycles. The van der Waals surface area contributed by atoms with Gasteiger partial charge in [-0.05, 0) is 35.4 Å². The van der Waals surface area contributed by atoms with Crippen LogP contribution in [-0.2, 0) is 6.18 Å². The fourth-order valence-corrected chi connectivity index (χ4v) is 2.81. The molecule has 2 rings (SSSR count). The molecule has 0 fully saturated rings. The summed E-state index contributed by atoms with van der Waals surface area (Å²) in [5.74, 6) is -0.128. The van der Waals surface area contributed by atoms with E-state index in [-0.39, 0.29) is 10.4 Å². The third kappa shape index (κ3) is 3.77. The summed E-state index contributed by atoms with van der Waals surface area (Å²) >= 11 is 9.29. The highest BCUT2D eigenvalue weighted by molar-refractivity contribution is 9.10. The van der Waals surface area contributed by atoms with Gasteiger partial charge in [0.25, 0.3) is 0 Å². The predicted octanol–water partition coefficient (Wildman–Crippen LogP) is 5.95. The van der Waals surface area contributed by atoms with Crippen LogP contribution in [0.15, 0.2) is 47.2 Å². The quantitative estimate of drug-likeness (QED) is 0.602. The fourth-order valence-electron chi connectivity index (χ4n) is 2.06. The lowest BCUT2D eigenvalue weighted by Gasteiger charge is -2.20. The van der Waals surface area contributed by atoms with E-state index in [1.807, 2.05) is 19.1 Å². The second-order valence-corrected chi connectivity index (χ2v) is 6.03. The number of aromatic nitrogens is 1. The molecule has 2 aromatic rings. The molecular formula is C15H12BrClF3N. The van der Waals surface area contributed by atoms with E-state index in [0.29, 0.717) is 5.56 Å². The molecule has 21 heavy (non-hydrogen) atoms. The number of alkyl halides is 4. The third-order valence-corrected chi connectivity index (χ3v) is 4.61. The van der Waals surface area contributed by atoms with Crippen LogP contribution in [0.25, 0.3) is 0 Å². The summed E-state index contributed by atoms with van der Waals surface area (Å²) in [7, 11) is 0. The number of hydrogen-bond donors (Lipinski definition) is 0. The molecule has 0 N–H and O–H groups in total. The molecule has 0 aliphatic rings. The van der Waals surface area contributed by atoms with Crippen LogP contribution in [-0.4, -0.2) is 4.98 Å². The molecule has 2 unspecified atom stereocenters. The van der Waals surface area contributed by atoms with Gasteiger partial charge in [-0.2, -0.15) is 13.2 Å². The molecular weight excluding hydrogens is 367 g/mol. The topological polar surface area (TPSA) is 12.9 Å². The van der Waals surface area contributed by atoms with Crippen LogP contribution in [0.4, 0.5) is 13.2 Å². The summed E-state index contributed by atoms with van der Waals surface area (Å²) in [6, 6.07) is 7.70. The summed E-state index contributed by atoms with van der Waals surface area (Å²) < 4.78 is 38.8. The zero-order valence-corrected chi connectivity index (χ0v) is 13.4. The maximum Gasteiger partial charge on any atom is 0.417 e. The van der Waals surface area contributed by atoms with Crippen LogP contribution in [0.3, 0.4) is 0 Å². The summed E-state index contributed by atoms with van der Waals surface area (Å²) in [6.07, 6.45) is -1.14. The molecule has 6 heteroatoms. The van der Waals surface area contributed by atoms with Gasteiger partial charge >= 0.3 is 6.18 Å². The predicted molar refractivity (Wildman–Crippen MR) is 80.4 cm³/mol. The summed E-state index contributed by atoms with van der Waals surface area (Å²) in [5.41, 5.74) is 0.658. The van der Waals surface area contributed by atoms with E-state index in [1.54, 1.807) is 18.5 Å². The van der Waals surface area contributed by atoms with Gasteiger partial charge in [0.05, 0.1) is 10.9 Å². The summed E-state index contributed by atoms with van der Waals surface area (Å²) in [4.78, 5) is 3.92. The van der Waals surface area contributed by atoms with Crippen LogP contribution in [0, 0.1) is 0 Å². The molecule has 1 heterocycles.